The summed E-state index contributed by atoms with van der Waals surface area (Å²) in [7, 11) is 1.47. The Bertz CT molecular complexity index is 501. The molecule has 1 heterocycles. The number of ether oxygens (including phenoxy) is 3. The van der Waals surface area contributed by atoms with Crippen LogP contribution in [0.1, 0.15) is 49.0 Å². The van der Waals surface area contributed by atoms with Gasteiger partial charge >= 0.3 is 11.9 Å². The molecule has 0 unspecified atom stereocenters. The van der Waals surface area contributed by atoms with E-state index in [2.05, 4.69) is 4.98 Å². The number of unbranched alkanes of at least 4 members (excludes halogenated alkanes) is 1. The zero-order chi connectivity index (χ0) is 16.4. The van der Waals surface area contributed by atoms with Crippen LogP contribution in [0.3, 0.4) is 0 Å². The largest absolute Gasteiger partial charge is 0.481 e. The summed E-state index contributed by atoms with van der Waals surface area (Å²) in [4.78, 5) is 27.7. The predicted molar refractivity (Wildman–Crippen MR) is 80.9 cm³/mol. The van der Waals surface area contributed by atoms with Crippen LogP contribution in [-0.2, 0) is 20.7 Å². The van der Waals surface area contributed by atoms with E-state index in [1.54, 1.807) is 6.92 Å². The van der Waals surface area contributed by atoms with Gasteiger partial charge < -0.3 is 14.2 Å². The van der Waals surface area contributed by atoms with Crippen LogP contribution in [0.2, 0.25) is 0 Å². The minimum Gasteiger partial charge on any atom is -0.481 e. The summed E-state index contributed by atoms with van der Waals surface area (Å²) in [5, 5.41) is 0. The van der Waals surface area contributed by atoms with Gasteiger partial charge in [0.25, 0.3) is 0 Å². The number of carbonyl (C=O) groups is 2. The van der Waals surface area contributed by atoms with Gasteiger partial charge in [0.05, 0.1) is 25.9 Å². The van der Waals surface area contributed by atoms with Crippen molar-refractivity contribution in [1.82, 2.24) is 4.98 Å². The lowest BCUT2D eigenvalue weighted by Crippen LogP contribution is -2.12. The Balaban J connectivity index is 2.72. The van der Waals surface area contributed by atoms with Crippen molar-refractivity contribution in [1.29, 1.82) is 0 Å². The number of aryl methyl sites for hydroxylation is 1. The summed E-state index contributed by atoms with van der Waals surface area (Å²) >= 11 is 0. The molecule has 0 N–H and O–H groups in total. The van der Waals surface area contributed by atoms with Crippen molar-refractivity contribution in [2.24, 2.45) is 0 Å². The molecule has 0 bridgehead atoms. The van der Waals surface area contributed by atoms with Gasteiger partial charge in [-0.25, -0.2) is 9.78 Å². The maximum Gasteiger partial charge on any atom is 0.338 e. The van der Waals surface area contributed by atoms with E-state index < -0.39 is 5.97 Å². The first-order valence-corrected chi connectivity index (χ1v) is 7.48. The zero-order valence-corrected chi connectivity index (χ0v) is 13.4. The molecule has 0 aromatic carbocycles. The van der Waals surface area contributed by atoms with Crippen molar-refractivity contribution in [3.63, 3.8) is 0 Å². The highest BCUT2D eigenvalue weighted by Crippen LogP contribution is 2.17. The van der Waals surface area contributed by atoms with Gasteiger partial charge in [0.1, 0.15) is 0 Å². The van der Waals surface area contributed by atoms with Gasteiger partial charge in [0, 0.05) is 18.7 Å². The maximum atomic E-state index is 12.0. The molecule has 0 aliphatic rings. The van der Waals surface area contributed by atoms with Crippen LogP contribution >= 0.6 is 0 Å². The number of hydrogen-bond donors (Lipinski definition) is 0. The molecular weight excluding hydrogens is 286 g/mol. The highest BCUT2D eigenvalue weighted by Gasteiger charge is 2.16. The maximum absolute atomic E-state index is 12.0. The number of rotatable bonds is 9. The standard InChI is InChI=1S/C16H23NO5/c1-4-6-9-22-15(18)8-7-12-11-17-14(20-3)10-13(12)16(19)21-5-2/h10-11H,4-9H2,1-3H3. The summed E-state index contributed by atoms with van der Waals surface area (Å²) in [6.45, 7) is 4.48. The van der Waals surface area contributed by atoms with Crippen LogP contribution < -0.4 is 4.74 Å². The van der Waals surface area contributed by atoms with Crippen molar-refractivity contribution in [2.45, 2.75) is 39.5 Å². The van der Waals surface area contributed by atoms with Crippen LogP contribution in [-0.4, -0.2) is 37.2 Å². The molecule has 0 radical (unpaired) electrons. The van der Waals surface area contributed by atoms with Crippen LogP contribution in [0.25, 0.3) is 0 Å². The van der Waals surface area contributed by atoms with Crippen molar-refractivity contribution < 1.29 is 23.8 Å². The van der Waals surface area contributed by atoms with Gasteiger partial charge in [0.15, 0.2) is 0 Å². The topological polar surface area (TPSA) is 74.7 Å². The first kappa shape index (κ1) is 17.9. The van der Waals surface area contributed by atoms with Crippen LogP contribution in [0.5, 0.6) is 5.88 Å². The number of hydrogen-bond acceptors (Lipinski definition) is 6. The Hall–Kier alpha value is -2.11. The monoisotopic (exact) mass is 309 g/mol. The van der Waals surface area contributed by atoms with Crippen LogP contribution in [0.15, 0.2) is 12.3 Å². The molecule has 122 valence electrons. The van der Waals surface area contributed by atoms with E-state index in [0.717, 1.165) is 12.8 Å². The fourth-order valence-corrected chi connectivity index (χ4v) is 1.81. The molecule has 0 atom stereocenters. The van der Waals surface area contributed by atoms with E-state index in [0.29, 0.717) is 30.0 Å². The van der Waals surface area contributed by atoms with E-state index in [4.69, 9.17) is 14.2 Å². The van der Waals surface area contributed by atoms with E-state index in [1.165, 1.54) is 19.4 Å². The molecule has 0 aliphatic carbocycles. The summed E-state index contributed by atoms with van der Waals surface area (Å²) in [6, 6.07) is 1.52. The summed E-state index contributed by atoms with van der Waals surface area (Å²) < 4.78 is 15.1. The number of methoxy groups -OCH3 is 1. The Morgan fingerprint density at radius 2 is 2.00 bits per heavy atom. The number of pyridine rings is 1. The van der Waals surface area contributed by atoms with E-state index in [9.17, 15) is 9.59 Å². The normalized spacial score (nSPS) is 10.1. The van der Waals surface area contributed by atoms with E-state index in [1.807, 2.05) is 6.92 Å². The number of esters is 2. The number of nitrogens with zero attached hydrogens (tertiary/aromatic N) is 1. The Morgan fingerprint density at radius 3 is 2.64 bits per heavy atom. The van der Waals surface area contributed by atoms with Gasteiger partial charge in [-0.2, -0.15) is 0 Å². The molecule has 22 heavy (non-hydrogen) atoms. The highest BCUT2D eigenvalue weighted by molar-refractivity contribution is 5.91. The summed E-state index contributed by atoms with van der Waals surface area (Å²) in [6.07, 6.45) is 3.93. The van der Waals surface area contributed by atoms with Gasteiger partial charge in [0.2, 0.25) is 5.88 Å². The van der Waals surface area contributed by atoms with Gasteiger partial charge in [-0.05, 0) is 25.3 Å². The third-order valence-electron chi connectivity index (χ3n) is 3.03. The smallest absolute Gasteiger partial charge is 0.338 e. The minimum absolute atomic E-state index is 0.199. The van der Waals surface area contributed by atoms with Gasteiger partial charge in [-0.1, -0.05) is 13.3 Å². The third kappa shape index (κ3) is 5.71. The predicted octanol–water partition coefficient (Wildman–Crippen LogP) is 2.54. The lowest BCUT2D eigenvalue weighted by Gasteiger charge is -2.10. The molecule has 6 heteroatoms. The Kier molecular flexibility index (Phi) is 7.96. The molecule has 0 spiro atoms. The molecule has 6 nitrogen and oxygen atoms in total. The second kappa shape index (κ2) is 9.76. The fraction of sp³-hybridized carbons (Fsp3) is 0.562. The summed E-state index contributed by atoms with van der Waals surface area (Å²) in [5.41, 5.74) is 1.02. The third-order valence-corrected chi connectivity index (χ3v) is 3.03. The molecule has 1 rings (SSSR count). The average Bonchev–Trinajstić information content (AvgIpc) is 2.53. The molecule has 0 aliphatic heterocycles. The van der Waals surface area contributed by atoms with E-state index in [-0.39, 0.29) is 19.0 Å². The van der Waals surface area contributed by atoms with Gasteiger partial charge in [-0.15, -0.1) is 0 Å². The average molecular weight is 309 g/mol. The second-order valence-electron chi connectivity index (χ2n) is 4.68. The molecular formula is C16H23NO5. The van der Waals surface area contributed by atoms with Crippen molar-refractivity contribution in [3.8, 4) is 5.88 Å². The molecule has 0 amide bonds. The molecule has 0 fully saturated rings. The van der Waals surface area contributed by atoms with Crippen molar-refractivity contribution in [3.05, 3.63) is 23.4 Å². The Labute approximate surface area is 130 Å². The zero-order valence-electron chi connectivity index (χ0n) is 13.4. The number of carbonyl (C=O) groups excluding carboxylic acids is 2. The lowest BCUT2D eigenvalue weighted by molar-refractivity contribution is -0.143. The first-order valence-electron chi connectivity index (χ1n) is 7.48. The van der Waals surface area contributed by atoms with Crippen molar-refractivity contribution >= 4 is 11.9 Å². The molecule has 1 aromatic rings. The molecule has 0 saturated heterocycles. The molecule has 0 saturated carbocycles. The van der Waals surface area contributed by atoms with Gasteiger partial charge in [-0.3, -0.25) is 4.79 Å². The summed E-state index contributed by atoms with van der Waals surface area (Å²) in [5.74, 6) is -0.394. The highest BCUT2D eigenvalue weighted by atomic mass is 16.5. The molecule has 1 aromatic heterocycles. The second-order valence-corrected chi connectivity index (χ2v) is 4.68. The number of aromatic nitrogens is 1. The lowest BCUT2D eigenvalue weighted by atomic mass is 10.1. The van der Waals surface area contributed by atoms with Crippen LogP contribution in [0.4, 0.5) is 0 Å². The van der Waals surface area contributed by atoms with Crippen LogP contribution in [0, 0.1) is 0 Å². The SMILES string of the molecule is CCCCOC(=O)CCc1cnc(OC)cc1C(=O)OCC. The fourth-order valence-electron chi connectivity index (χ4n) is 1.81. The minimum atomic E-state index is -0.447. The Morgan fingerprint density at radius 1 is 1.23 bits per heavy atom. The van der Waals surface area contributed by atoms with Crippen molar-refractivity contribution in [2.75, 3.05) is 20.3 Å². The first-order chi connectivity index (χ1) is 10.6. The quantitative estimate of drug-likeness (QED) is 0.515. The van der Waals surface area contributed by atoms with E-state index >= 15 is 0 Å².